The van der Waals surface area contributed by atoms with Crippen LogP contribution in [0.25, 0.3) is 22.3 Å². The summed E-state index contributed by atoms with van der Waals surface area (Å²) < 4.78 is 37.0. The fourth-order valence-electron chi connectivity index (χ4n) is 5.59. The van der Waals surface area contributed by atoms with Crippen LogP contribution in [0.3, 0.4) is 0 Å². The first-order valence-corrected chi connectivity index (χ1v) is 14.5. The summed E-state index contributed by atoms with van der Waals surface area (Å²) in [5.41, 5.74) is 2.23. The maximum atomic E-state index is 16.2. The second-order valence-corrected chi connectivity index (χ2v) is 11.1. The molecule has 1 unspecified atom stereocenters. The van der Waals surface area contributed by atoms with Crippen LogP contribution < -0.4 is 20.7 Å². The lowest BCUT2D eigenvalue weighted by Gasteiger charge is -2.35. The number of amides is 3. The zero-order chi connectivity index (χ0) is 32.4. The fraction of sp³-hybridized carbons (Fsp3) is 0.303. The van der Waals surface area contributed by atoms with Crippen molar-refractivity contribution in [2.45, 2.75) is 38.7 Å². The first-order chi connectivity index (χ1) is 21.5. The van der Waals surface area contributed by atoms with Gasteiger partial charge in [0.25, 0.3) is 11.8 Å². The van der Waals surface area contributed by atoms with Crippen molar-refractivity contribution in [1.82, 2.24) is 20.4 Å². The van der Waals surface area contributed by atoms with Crippen LogP contribution in [0.1, 0.15) is 24.0 Å². The minimum Gasteiger partial charge on any atom is -0.496 e. The molecule has 1 fully saturated rings. The van der Waals surface area contributed by atoms with Gasteiger partial charge in [0.15, 0.2) is 0 Å². The third-order valence-electron chi connectivity index (χ3n) is 8.17. The van der Waals surface area contributed by atoms with Gasteiger partial charge in [-0.25, -0.2) is 8.78 Å². The van der Waals surface area contributed by atoms with E-state index in [1.54, 1.807) is 49.4 Å². The zero-order valence-corrected chi connectivity index (χ0v) is 25.4. The summed E-state index contributed by atoms with van der Waals surface area (Å²) in [6, 6.07) is 12.7. The van der Waals surface area contributed by atoms with Crippen molar-refractivity contribution in [3.8, 4) is 28.0 Å². The smallest absolute Gasteiger partial charge is 0.264 e. The molecule has 0 aliphatic carbocycles. The predicted molar refractivity (Wildman–Crippen MR) is 165 cm³/mol. The van der Waals surface area contributed by atoms with E-state index in [-0.39, 0.29) is 46.5 Å². The SMILES string of the molecule is COc1cc(-c2cccc(-c3cccc(NC(=O)C4=CN(C)C(O)N(C)C4=O)c3C)c2F)cc(F)c1CNC[C@@H]1CCC(=O)N1. The van der Waals surface area contributed by atoms with Gasteiger partial charge in [-0.2, -0.15) is 0 Å². The van der Waals surface area contributed by atoms with Gasteiger partial charge in [0.1, 0.15) is 23.0 Å². The first-order valence-electron chi connectivity index (χ1n) is 14.5. The van der Waals surface area contributed by atoms with Gasteiger partial charge in [-0.1, -0.05) is 30.3 Å². The lowest BCUT2D eigenvalue weighted by atomic mass is 9.94. The highest BCUT2D eigenvalue weighted by molar-refractivity contribution is 6.23. The summed E-state index contributed by atoms with van der Waals surface area (Å²) in [5.74, 6) is -2.21. The normalized spacial score (nSPS) is 18.2. The van der Waals surface area contributed by atoms with Crippen molar-refractivity contribution in [1.29, 1.82) is 0 Å². The molecule has 0 radical (unpaired) electrons. The number of anilines is 1. The van der Waals surface area contributed by atoms with Crippen molar-refractivity contribution in [2.24, 2.45) is 0 Å². The minimum absolute atomic E-state index is 0.00187. The van der Waals surface area contributed by atoms with E-state index < -0.39 is 29.8 Å². The quantitative estimate of drug-likeness (QED) is 0.271. The molecule has 2 aliphatic heterocycles. The van der Waals surface area contributed by atoms with Crippen molar-refractivity contribution >= 4 is 23.4 Å². The Morgan fingerprint density at radius 2 is 1.80 bits per heavy atom. The molecule has 45 heavy (non-hydrogen) atoms. The molecule has 12 heteroatoms. The Labute approximate surface area is 259 Å². The van der Waals surface area contributed by atoms with Crippen LogP contribution in [0.15, 0.2) is 60.3 Å². The van der Waals surface area contributed by atoms with Crippen molar-refractivity contribution in [2.75, 3.05) is 33.1 Å². The zero-order valence-electron chi connectivity index (χ0n) is 25.4. The number of nitrogens with zero attached hydrogens (tertiary/aromatic N) is 2. The number of hydrogen-bond acceptors (Lipinski definition) is 7. The van der Waals surface area contributed by atoms with E-state index in [1.807, 2.05) is 0 Å². The minimum atomic E-state index is -1.19. The molecule has 2 heterocycles. The van der Waals surface area contributed by atoms with E-state index in [0.717, 1.165) is 4.90 Å². The van der Waals surface area contributed by atoms with Gasteiger partial charge in [0.05, 0.1) is 7.11 Å². The third kappa shape index (κ3) is 6.38. The molecule has 3 aromatic carbocycles. The van der Waals surface area contributed by atoms with Crippen molar-refractivity contribution in [3.05, 3.63) is 83.1 Å². The highest BCUT2D eigenvalue weighted by Crippen LogP contribution is 2.37. The van der Waals surface area contributed by atoms with E-state index >= 15 is 8.78 Å². The van der Waals surface area contributed by atoms with E-state index in [1.165, 1.54) is 38.4 Å². The van der Waals surface area contributed by atoms with Crippen molar-refractivity contribution in [3.63, 3.8) is 0 Å². The number of hydrogen-bond donors (Lipinski definition) is 4. The summed E-state index contributed by atoms with van der Waals surface area (Å²) in [5, 5.41) is 18.8. The maximum Gasteiger partial charge on any atom is 0.264 e. The highest BCUT2D eigenvalue weighted by Gasteiger charge is 2.33. The topological polar surface area (TPSA) is 123 Å². The standard InChI is InChI=1S/C33H35F2N5O5/c1-18-21(7-6-10-27(18)38-31(42)25-17-39(2)33(44)40(3)32(25)43)23-9-5-8-22(30(23)35)19-13-26(34)24(28(14-19)45-4)16-36-15-20-11-12-29(41)37-20/h5-10,13-14,17,20,33,36,44H,11-12,15-16H2,1-4H3,(H,37,41)(H,38,42)/t20-,33?/m0/s1. The number of nitrogens with one attached hydrogen (secondary N) is 3. The predicted octanol–water partition coefficient (Wildman–Crippen LogP) is 3.49. The average Bonchev–Trinajstić information content (AvgIpc) is 3.44. The molecule has 4 N–H and O–H groups in total. The number of benzene rings is 3. The van der Waals surface area contributed by atoms with Gasteiger partial charge in [-0.05, 0) is 48.2 Å². The van der Waals surface area contributed by atoms with Gasteiger partial charge in [0.2, 0.25) is 12.3 Å². The molecule has 1 saturated heterocycles. The van der Waals surface area contributed by atoms with Gasteiger partial charge in [-0.3, -0.25) is 19.3 Å². The Morgan fingerprint density at radius 1 is 1.09 bits per heavy atom. The van der Waals surface area contributed by atoms with Gasteiger partial charge in [0, 0.05) is 68.2 Å². The molecule has 3 amide bonds. The largest absolute Gasteiger partial charge is 0.496 e. The van der Waals surface area contributed by atoms with Crippen LogP contribution in [0.5, 0.6) is 5.75 Å². The Balaban J connectivity index is 1.40. The molecule has 5 rings (SSSR count). The molecular formula is C33H35F2N5O5. The molecule has 0 spiro atoms. The number of rotatable bonds is 9. The molecule has 0 bridgehead atoms. The van der Waals surface area contributed by atoms with Crippen LogP contribution >= 0.6 is 0 Å². The van der Waals surface area contributed by atoms with Crippen LogP contribution in [-0.2, 0) is 20.9 Å². The molecule has 2 aliphatic rings. The Kier molecular flexibility index (Phi) is 9.16. The van der Waals surface area contributed by atoms with Gasteiger partial charge in [-0.15, -0.1) is 0 Å². The third-order valence-corrected chi connectivity index (χ3v) is 8.17. The molecule has 3 aromatic rings. The van der Waals surface area contributed by atoms with E-state index in [9.17, 15) is 19.5 Å². The van der Waals surface area contributed by atoms with Crippen LogP contribution in [0, 0.1) is 18.6 Å². The fourth-order valence-corrected chi connectivity index (χ4v) is 5.59. The molecule has 236 valence electrons. The van der Waals surface area contributed by atoms with E-state index in [2.05, 4.69) is 16.0 Å². The molecular weight excluding hydrogens is 584 g/mol. The summed E-state index contributed by atoms with van der Waals surface area (Å²) >= 11 is 0. The van der Waals surface area contributed by atoms with E-state index in [0.29, 0.717) is 41.8 Å². The second-order valence-electron chi connectivity index (χ2n) is 11.1. The highest BCUT2D eigenvalue weighted by atomic mass is 19.1. The number of aliphatic hydroxyl groups is 1. The number of carbonyl (C=O) groups excluding carboxylic acids is 3. The van der Waals surface area contributed by atoms with Gasteiger partial charge < -0.3 is 30.7 Å². The number of ether oxygens (including phenoxy) is 1. The second kappa shape index (κ2) is 13.0. The summed E-state index contributed by atoms with van der Waals surface area (Å²) in [7, 11) is 4.34. The number of aliphatic hydroxyl groups excluding tert-OH is 1. The summed E-state index contributed by atoms with van der Waals surface area (Å²) in [6.07, 6.45) is 1.27. The number of carbonyl (C=O) groups is 3. The molecule has 0 saturated carbocycles. The van der Waals surface area contributed by atoms with E-state index in [4.69, 9.17) is 4.74 Å². The maximum absolute atomic E-state index is 16.2. The lowest BCUT2D eigenvalue weighted by Crippen LogP contribution is -2.51. The number of methoxy groups -OCH3 is 1. The van der Waals surface area contributed by atoms with Crippen molar-refractivity contribution < 1.29 is 33.0 Å². The summed E-state index contributed by atoms with van der Waals surface area (Å²) in [6.45, 7) is 2.37. The average molecular weight is 620 g/mol. The van der Waals surface area contributed by atoms with Crippen LogP contribution in [0.2, 0.25) is 0 Å². The van der Waals surface area contributed by atoms with Gasteiger partial charge >= 0.3 is 0 Å². The molecule has 10 nitrogen and oxygen atoms in total. The van der Waals surface area contributed by atoms with Crippen LogP contribution in [-0.4, -0.2) is 72.8 Å². The van der Waals surface area contributed by atoms with Crippen LogP contribution in [0.4, 0.5) is 14.5 Å². The molecule has 2 atom stereocenters. The number of likely N-dealkylation sites (N-methyl/N-ethyl adjacent to an activating group) is 1. The Morgan fingerprint density at radius 3 is 2.51 bits per heavy atom. The summed E-state index contributed by atoms with van der Waals surface area (Å²) in [4.78, 5) is 39.5. The Bertz CT molecular complexity index is 1690. The lowest BCUT2D eigenvalue weighted by molar-refractivity contribution is -0.149. The number of halogens is 2. The Hall–Kier alpha value is -4.81. The first kappa shape index (κ1) is 31.6. The molecule has 0 aromatic heterocycles. The monoisotopic (exact) mass is 619 g/mol.